The number of fused-ring (bicyclic) bond motifs is 1. The molecule has 0 saturated carbocycles. The van der Waals surface area contributed by atoms with Gasteiger partial charge in [0, 0.05) is 38.1 Å². The highest BCUT2D eigenvalue weighted by atomic mass is 32.2. The third kappa shape index (κ3) is 4.55. The van der Waals surface area contributed by atoms with E-state index in [4.69, 9.17) is 9.15 Å². The van der Waals surface area contributed by atoms with E-state index in [9.17, 15) is 17.6 Å². The Labute approximate surface area is 185 Å². The number of anilines is 1. The van der Waals surface area contributed by atoms with Crippen molar-refractivity contribution in [3.63, 3.8) is 0 Å². The van der Waals surface area contributed by atoms with Gasteiger partial charge in [-0.1, -0.05) is 6.92 Å². The van der Waals surface area contributed by atoms with Crippen LogP contribution in [0.3, 0.4) is 0 Å². The first-order valence-corrected chi connectivity index (χ1v) is 12.2. The second-order valence-corrected chi connectivity index (χ2v) is 9.69. The molecular weight excluding hydrogens is 437 g/mol. The van der Waals surface area contributed by atoms with E-state index in [2.05, 4.69) is 9.88 Å². The largest absolute Gasteiger partial charge is 0.449 e. The summed E-state index contributed by atoms with van der Waals surface area (Å²) in [7, 11) is -3.51. The van der Waals surface area contributed by atoms with Crippen molar-refractivity contribution in [1.82, 2.24) is 9.88 Å². The van der Waals surface area contributed by atoms with Gasteiger partial charge in [0.2, 0.25) is 5.89 Å². The van der Waals surface area contributed by atoms with Gasteiger partial charge in [-0.25, -0.2) is 22.6 Å². The number of hydrogen-bond donors (Lipinski definition) is 0. The molecule has 1 aliphatic heterocycles. The van der Waals surface area contributed by atoms with Crippen molar-refractivity contribution in [2.24, 2.45) is 0 Å². The van der Waals surface area contributed by atoms with Gasteiger partial charge in [0.25, 0.3) is 0 Å². The molecule has 1 amide bonds. The summed E-state index contributed by atoms with van der Waals surface area (Å²) in [5.41, 5.74) is 2.08. The average molecular weight is 462 g/mol. The molecule has 3 aromatic rings. The Morgan fingerprint density at radius 3 is 2.56 bits per heavy atom. The van der Waals surface area contributed by atoms with Crippen LogP contribution in [0, 0.1) is 5.82 Å². The molecule has 1 aromatic heterocycles. The fourth-order valence-electron chi connectivity index (χ4n) is 3.56. The predicted molar refractivity (Wildman–Crippen MR) is 118 cm³/mol. The second-order valence-electron chi connectivity index (χ2n) is 7.67. The number of amides is 1. The first-order chi connectivity index (χ1) is 15.3. The molecule has 170 valence electrons. The summed E-state index contributed by atoms with van der Waals surface area (Å²) in [4.78, 5) is 20.1. The minimum atomic E-state index is -3.51. The maximum Gasteiger partial charge on any atom is 0.409 e. The van der Waals surface area contributed by atoms with E-state index >= 15 is 0 Å². The highest BCUT2D eigenvalue weighted by Gasteiger charge is 2.23. The molecule has 2 heterocycles. The van der Waals surface area contributed by atoms with Gasteiger partial charge in [-0.05, 0) is 42.8 Å². The Morgan fingerprint density at radius 2 is 1.91 bits per heavy atom. The molecule has 4 rings (SSSR count). The number of nitrogens with zero attached hydrogens (tertiary/aromatic N) is 3. The van der Waals surface area contributed by atoms with Crippen LogP contribution in [-0.2, 0) is 14.6 Å². The van der Waals surface area contributed by atoms with Crippen molar-refractivity contribution in [2.75, 3.05) is 43.9 Å². The van der Waals surface area contributed by atoms with E-state index in [1.165, 1.54) is 12.1 Å². The van der Waals surface area contributed by atoms with E-state index in [0.29, 0.717) is 43.9 Å². The van der Waals surface area contributed by atoms with Gasteiger partial charge in [-0.15, -0.1) is 0 Å². The number of rotatable bonds is 5. The topological polar surface area (TPSA) is 93.0 Å². The van der Waals surface area contributed by atoms with Crippen molar-refractivity contribution in [2.45, 2.75) is 18.2 Å². The number of carbonyl (C=O) groups is 1. The van der Waals surface area contributed by atoms with E-state index in [0.717, 1.165) is 24.4 Å². The zero-order valence-corrected chi connectivity index (χ0v) is 18.7. The second kappa shape index (κ2) is 8.78. The number of halogens is 1. The van der Waals surface area contributed by atoms with E-state index in [1.54, 1.807) is 11.0 Å². The molecule has 1 saturated heterocycles. The summed E-state index contributed by atoms with van der Waals surface area (Å²) in [6, 6.07) is 9.18. The van der Waals surface area contributed by atoms with Crippen LogP contribution in [0.25, 0.3) is 22.6 Å². The van der Waals surface area contributed by atoms with Gasteiger partial charge in [0.1, 0.15) is 11.3 Å². The number of benzene rings is 2. The average Bonchev–Trinajstić information content (AvgIpc) is 3.20. The van der Waals surface area contributed by atoms with Gasteiger partial charge >= 0.3 is 6.09 Å². The van der Waals surface area contributed by atoms with Crippen molar-refractivity contribution in [1.29, 1.82) is 0 Å². The van der Waals surface area contributed by atoms with Gasteiger partial charge in [-0.3, -0.25) is 0 Å². The number of ether oxygens (including phenoxy) is 1. The molecular formula is C22H24FN3O5S. The molecule has 0 radical (unpaired) electrons. The van der Waals surface area contributed by atoms with Crippen LogP contribution in [0.2, 0.25) is 0 Å². The fraction of sp³-hybridized carbons (Fsp3) is 0.364. The fourth-order valence-corrected chi connectivity index (χ4v) is 4.19. The zero-order valence-electron chi connectivity index (χ0n) is 17.9. The minimum absolute atomic E-state index is 0.0817. The predicted octanol–water partition coefficient (Wildman–Crippen LogP) is 3.71. The lowest BCUT2D eigenvalue weighted by Gasteiger charge is -2.35. The highest BCUT2D eigenvalue weighted by molar-refractivity contribution is 7.90. The van der Waals surface area contributed by atoms with Crippen LogP contribution in [0.1, 0.15) is 13.3 Å². The quantitative estimate of drug-likeness (QED) is 0.572. The molecule has 2 aromatic carbocycles. The highest BCUT2D eigenvalue weighted by Crippen LogP contribution is 2.30. The van der Waals surface area contributed by atoms with Crippen molar-refractivity contribution in [3.8, 4) is 11.5 Å². The van der Waals surface area contributed by atoms with E-state index in [-0.39, 0.29) is 22.4 Å². The molecule has 1 fully saturated rings. The standard InChI is InChI=1S/C22H24FN3O5S/c1-3-12-30-22(27)26-10-8-25(9-11-26)15-4-7-20-19(13-15)24-21(31-20)17-6-5-16(14-18(17)23)32(2,28)29/h4-7,13-14H,3,8-12H2,1-2H3. The Kier molecular flexibility index (Phi) is 6.05. The minimum Gasteiger partial charge on any atom is -0.449 e. The monoisotopic (exact) mass is 461 g/mol. The normalized spacial score (nSPS) is 14.7. The number of hydrogen-bond acceptors (Lipinski definition) is 7. The molecule has 1 aliphatic rings. The smallest absolute Gasteiger partial charge is 0.409 e. The van der Waals surface area contributed by atoms with Crippen LogP contribution in [0.4, 0.5) is 14.9 Å². The lowest BCUT2D eigenvalue weighted by Crippen LogP contribution is -2.49. The van der Waals surface area contributed by atoms with Crippen molar-refractivity contribution >= 4 is 32.7 Å². The Bertz CT molecular complexity index is 1250. The molecule has 0 aliphatic carbocycles. The summed E-state index contributed by atoms with van der Waals surface area (Å²) in [5, 5.41) is 0. The Morgan fingerprint density at radius 1 is 1.16 bits per heavy atom. The molecule has 0 N–H and O–H groups in total. The summed E-state index contributed by atoms with van der Waals surface area (Å²) in [5.74, 6) is -0.635. The summed E-state index contributed by atoms with van der Waals surface area (Å²) >= 11 is 0. The zero-order chi connectivity index (χ0) is 22.9. The van der Waals surface area contributed by atoms with Crippen LogP contribution >= 0.6 is 0 Å². The third-order valence-electron chi connectivity index (χ3n) is 5.30. The molecule has 0 unspecified atom stereocenters. The number of oxazole rings is 1. The molecule has 8 nitrogen and oxygen atoms in total. The number of piperazine rings is 1. The van der Waals surface area contributed by atoms with Crippen molar-refractivity contribution < 1.29 is 26.8 Å². The lowest BCUT2D eigenvalue weighted by molar-refractivity contribution is 0.100. The van der Waals surface area contributed by atoms with Crippen LogP contribution < -0.4 is 4.90 Å². The molecule has 0 bridgehead atoms. The van der Waals surface area contributed by atoms with Crippen LogP contribution in [-0.4, -0.2) is 63.4 Å². The summed E-state index contributed by atoms with van der Waals surface area (Å²) < 4.78 is 48.7. The molecule has 32 heavy (non-hydrogen) atoms. The number of aromatic nitrogens is 1. The Balaban J connectivity index is 1.51. The molecule has 10 heteroatoms. The first kappa shape index (κ1) is 22.1. The maximum absolute atomic E-state index is 14.5. The van der Waals surface area contributed by atoms with Gasteiger partial charge in [-0.2, -0.15) is 0 Å². The van der Waals surface area contributed by atoms with Gasteiger partial charge in [0.05, 0.1) is 17.1 Å². The third-order valence-corrected chi connectivity index (χ3v) is 6.41. The molecule has 0 atom stereocenters. The summed E-state index contributed by atoms with van der Waals surface area (Å²) in [6.07, 6.45) is 1.53. The van der Waals surface area contributed by atoms with Crippen molar-refractivity contribution in [3.05, 3.63) is 42.2 Å². The SMILES string of the molecule is CCCOC(=O)N1CCN(c2ccc3oc(-c4ccc(S(C)(=O)=O)cc4F)nc3c2)CC1. The number of carbonyl (C=O) groups excluding carboxylic acids is 1. The first-order valence-electron chi connectivity index (χ1n) is 10.3. The maximum atomic E-state index is 14.5. The van der Waals surface area contributed by atoms with E-state index < -0.39 is 15.7 Å². The lowest BCUT2D eigenvalue weighted by atomic mass is 10.2. The molecule has 0 spiro atoms. The number of sulfone groups is 1. The Hall–Kier alpha value is -3.14. The van der Waals surface area contributed by atoms with E-state index in [1.807, 2.05) is 19.1 Å². The summed E-state index contributed by atoms with van der Waals surface area (Å²) in [6.45, 7) is 4.79. The van der Waals surface area contributed by atoms with Crippen LogP contribution in [0.15, 0.2) is 45.7 Å². The van der Waals surface area contributed by atoms with Crippen LogP contribution in [0.5, 0.6) is 0 Å². The van der Waals surface area contributed by atoms with Gasteiger partial charge in [0.15, 0.2) is 15.4 Å². The van der Waals surface area contributed by atoms with Gasteiger partial charge < -0.3 is 19.0 Å².